The van der Waals surface area contributed by atoms with Crippen molar-refractivity contribution in [3.8, 4) is 18.1 Å². The zero-order valence-corrected chi connectivity index (χ0v) is 15.1. The minimum atomic E-state index is -4.40. The highest BCUT2D eigenvalue weighted by Gasteiger charge is 2.39. The normalized spacial score (nSPS) is 14.2. The van der Waals surface area contributed by atoms with E-state index in [-0.39, 0.29) is 17.4 Å². The highest BCUT2D eigenvalue weighted by atomic mass is 28.4. The predicted molar refractivity (Wildman–Crippen MR) is 87.8 cm³/mol. The molecular formula is C17H23F3O2Si. The zero-order chi connectivity index (χ0) is 17.9. The van der Waals surface area contributed by atoms with Gasteiger partial charge in [-0.25, -0.2) is 0 Å². The maximum atomic E-state index is 12.7. The summed E-state index contributed by atoms with van der Waals surface area (Å²) in [6.07, 6.45) is 0.481. The largest absolute Gasteiger partial charge is 0.490 e. The SMILES string of the molecule is C#C[C@H](COc1cccc(C(F)(F)F)c1)O[Si](C)(C)C(C)(C)C. The van der Waals surface area contributed by atoms with E-state index < -0.39 is 26.2 Å². The molecule has 1 atom stereocenters. The number of hydrogen-bond donors (Lipinski definition) is 0. The van der Waals surface area contributed by atoms with E-state index in [2.05, 4.69) is 39.8 Å². The van der Waals surface area contributed by atoms with Crippen LogP contribution in [0.15, 0.2) is 24.3 Å². The summed E-state index contributed by atoms with van der Waals surface area (Å²) in [5.74, 6) is 2.63. The Bertz CT molecular complexity index is 568. The van der Waals surface area contributed by atoms with E-state index in [1.54, 1.807) is 0 Å². The van der Waals surface area contributed by atoms with Gasteiger partial charge in [0.2, 0.25) is 0 Å². The van der Waals surface area contributed by atoms with Gasteiger partial charge in [0.25, 0.3) is 0 Å². The standard InChI is InChI=1S/C17H23F3O2Si/c1-7-14(22-23(5,6)16(2,3)4)12-21-15-10-8-9-13(11-15)17(18,19)20/h1,8-11,14H,12H2,2-6H3/t14-/m1/s1. The molecule has 23 heavy (non-hydrogen) atoms. The lowest BCUT2D eigenvalue weighted by atomic mass is 10.2. The fraction of sp³-hybridized carbons (Fsp3) is 0.529. The summed E-state index contributed by atoms with van der Waals surface area (Å²) in [7, 11) is -2.07. The first-order valence-corrected chi connectivity index (χ1v) is 10.2. The summed E-state index contributed by atoms with van der Waals surface area (Å²) in [6.45, 7) is 10.4. The van der Waals surface area contributed by atoms with Crippen LogP contribution >= 0.6 is 0 Å². The van der Waals surface area contributed by atoms with Crippen LogP contribution in [0.3, 0.4) is 0 Å². The van der Waals surface area contributed by atoms with Crippen LogP contribution in [0.1, 0.15) is 26.3 Å². The second-order valence-corrected chi connectivity index (χ2v) is 11.6. The second kappa shape index (κ2) is 6.98. The van der Waals surface area contributed by atoms with E-state index >= 15 is 0 Å². The van der Waals surface area contributed by atoms with Gasteiger partial charge >= 0.3 is 6.18 Å². The van der Waals surface area contributed by atoms with Crippen molar-refractivity contribution >= 4 is 8.32 Å². The van der Waals surface area contributed by atoms with Crippen molar-refractivity contribution in [1.29, 1.82) is 0 Å². The average Bonchev–Trinajstić information content (AvgIpc) is 2.41. The molecular weight excluding hydrogens is 321 g/mol. The Morgan fingerprint density at radius 1 is 1.22 bits per heavy atom. The zero-order valence-electron chi connectivity index (χ0n) is 14.1. The predicted octanol–water partition coefficient (Wildman–Crippen LogP) is 5.11. The summed E-state index contributed by atoms with van der Waals surface area (Å²) < 4.78 is 49.5. The van der Waals surface area contributed by atoms with E-state index in [0.29, 0.717) is 0 Å². The van der Waals surface area contributed by atoms with E-state index in [1.165, 1.54) is 12.1 Å². The van der Waals surface area contributed by atoms with Crippen LogP contribution in [0.4, 0.5) is 13.2 Å². The smallest absolute Gasteiger partial charge is 0.416 e. The highest BCUT2D eigenvalue weighted by molar-refractivity contribution is 6.74. The van der Waals surface area contributed by atoms with Crippen LogP contribution in [0.5, 0.6) is 5.75 Å². The van der Waals surface area contributed by atoms with Crippen molar-refractivity contribution in [3.05, 3.63) is 29.8 Å². The fourth-order valence-electron chi connectivity index (χ4n) is 1.58. The molecule has 0 unspecified atom stereocenters. The molecule has 1 rings (SSSR count). The van der Waals surface area contributed by atoms with Gasteiger partial charge in [0.1, 0.15) is 18.5 Å². The third-order valence-corrected chi connectivity index (χ3v) is 8.48. The van der Waals surface area contributed by atoms with Gasteiger partial charge in [-0.1, -0.05) is 32.8 Å². The Labute approximate surface area is 137 Å². The molecule has 1 aromatic rings. The van der Waals surface area contributed by atoms with Crippen molar-refractivity contribution in [2.75, 3.05) is 6.61 Å². The average molecular weight is 344 g/mol. The highest BCUT2D eigenvalue weighted by Crippen LogP contribution is 2.37. The van der Waals surface area contributed by atoms with Gasteiger partial charge in [0, 0.05) is 0 Å². The molecule has 0 saturated heterocycles. The molecule has 0 saturated carbocycles. The number of halogens is 3. The number of hydrogen-bond acceptors (Lipinski definition) is 2. The topological polar surface area (TPSA) is 18.5 Å². The van der Waals surface area contributed by atoms with Crippen molar-refractivity contribution < 1.29 is 22.3 Å². The van der Waals surface area contributed by atoms with Crippen LogP contribution in [0.25, 0.3) is 0 Å². The summed E-state index contributed by atoms with van der Waals surface area (Å²) in [6, 6.07) is 4.73. The van der Waals surface area contributed by atoms with Crippen LogP contribution in [0.2, 0.25) is 18.1 Å². The molecule has 2 nitrogen and oxygen atoms in total. The van der Waals surface area contributed by atoms with Gasteiger partial charge in [-0.15, -0.1) is 6.42 Å². The second-order valence-electron chi connectivity index (χ2n) is 6.87. The molecule has 0 bridgehead atoms. The Hall–Kier alpha value is -1.45. The Morgan fingerprint density at radius 3 is 2.30 bits per heavy atom. The summed E-state index contributed by atoms with van der Waals surface area (Å²) >= 11 is 0. The van der Waals surface area contributed by atoms with Crippen molar-refractivity contribution in [1.82, 2.24) is 0 Å². The van der Waals surface area contributed by atoms with Gasteiger partial charge in [0.15, 0.2) is 8.32 Å². The summed E-state index contributed by atoms with van der Waals surface area (Å²) in [5.41, 5.74) is -0.752. The third-order valence-electron chi connectivity index (χ3n) is 3.99. The molecule has 0 amide bonds. The lowest BCUT2D eigenvalue weighted by Gasteiger charge is -2.37. The van der Waals surface area contributed by atoms with Crippen LogP contribution < -0.4 is 4.74 Å². The summed E-state index contributed by atoms with van der Waals surface area (Å²) in [5, 5.41) is -0.0156. The lowest BCUT2D eigenvalue weighted by Crippen LogP contribution is -2.45. The molecule has 0 radical (unpaired) electrons. The molecule has 0 aliphatic heterocycles. The first-order chi connectivity index (χ1) is 10.4. The van der Waals surface area contributed by atoms with Gasteiger partial charge in [0.05, 0.1) is 5.56 Å². The van der Waals surface area contributed by atoms with Crippen molar-refractivity contribution in [2.45, 2.75) is 51.2 Å². The molecule has 0 aromatic heterocycles. The molecule has 0 aliphatic carbocycles. The fourth-order valence-corrected chi connectivity index (χ4v) is 2.78. The summed E-state index contributed by atoms with van der Waals surface area (Å²) in [4.78, 5) is 0. The Kier molecular flexibility index (Phi) is 5.94. The minimum Gasteiger partial charge on any atom is -0.490 e. The monoisotopic (exact) mass is 344 g/mol. The first kappa shape index (κ1) is 19.6. The number of rotatable bonds is 5. The minimum absolute atomic E-state index is 0.0156. The van der Waals surface area contributed by atoms with E-state index in [1.807, 2.05) is 0 Å². The maximum Gasteiger partial charge on any atom is 0.416 e. The Morgan fingerprint density at radius 2 is 1.83 bits per heavy atom. The van der Waals surface area contributed by atoms with Crippen LogP contribution in [-0.2, 0) is 10.6 Å². The van der Waals surface area contributed by atoms with E-state index in [9.17, 15) is 13.2 Å². The Balaban J connectivity index is 2.75. The molecule has 6 heteroatoms. The molecule has 1 aromatic carbocycles. The van der Waals surface area contributed by atoms with Crippen molar-refractivity contribution in [2.24, 2.45) is 0 Å². The number of terminal acetylenes is 1. The van der Waals surface area contributed by atoms with Gasteiger partial charge < -0.3 is 9.16 Å². The molecule has 0 spiro atoms. The van der Waals surface area contributed by atoms with Crippen LogP contribution in [0, 0.1) is 12.3 Å². The number of alkyl halides is 3. The van der Waals surface area contributed by atoms with Gasteiger partial charge in [-0.2, -0.15) is 13.2 Å². The van der Waals surface area contributed by atoms with E-state index in [0.717, 1.165) is 12.1 Å². The third kappa shape index (κ3) is 5.59. The van der Waals surface area contributed by atoms with E-state index in [4.69, 9.17) is 15.6 Å². The molecule has 0 fully saturated rings. The molecule has 128 valence electrons. The number of benzene rings is 1. The molecule has 0 aliphatic rings. The lowest BCUT2D eigenvalue weighted by molar-refractivity contribution is -0.137. The maximum absolute atomic E-state index is 12.7. The molecule has 0 N–H and O–H groups in total. The molecule has 0 heterocycles. The number of ether oxygens (including phenoxy) is 1. The van der Waals surface area contributed by atoms with Crippen LogP contribution in [-0.4, -0.2) is 21.0 Å². The van der Waals surface area contributed by atoms with Crippen molar-refractivity contribution in [3.63, 3.8) is 0 Å². The quantitative estimate of drug-likeness (QED) is 0.546. The van der Waals surface area contributed by atoms with Gasteiger partial charge in [-0.3, -0.25) is 0 Å². The van der Waals surface area contributed by atoms with Gasteiger partial charge in [-0.05, 0) is 36.3 Å². The first-order valence-electron chi connectivity index (χ1n) is 7.31.